The summed E-state index contributed by atoms with van der Waals surface area (Å²) in [6.45, 7) is 2.23. The molecule has 1 N–H and O–H groups in total. The molecule has 3 aliphatic rings. The summed E-state index contributed by atoms with van der Waals surface area (Å²) in [7, 11) is 0. The molecule has 1 amide bonds. The standard InChI is InChI=1S/C20H17ClN4O3S/c1-2-7-29-20-23-19(26)17-11-5-3-4-6-14(11)22-18(25(17)24-20)12-8-15-16(9-13(12)21)28-10-27-15/h3-6,8-9,18H,2,7,10H2,1H3,(H,23,24,26)/t18-/m1/s1. The predicted octanol–water partition coefficient (Wildman–Crippen LogP) is 2.35. The molecule has 0 fully saturated rings. The van der Waals surface area contributed by atoms with Gasteiger partial charge in [0, 0.05) is 22.6 Å². The Bertz CT molecular complexity index is 1170. The van der Waals surface area contributed by atoms with Crippen molar-refractivity contribution in [1.29, 1.82) is 0 Å². The second-order valence-corrected chi connectivity index (χ2v) is 8.14. The molecule has 7 nitrogen and oxygen atoms in total. The Morgan fingerprint density at radius 1 is 1.28 bits per heavy atom. The van der Waals surface area contributed by atoms with Gasteiger partial charge in [-0.25, -0.2) is 5.01 Å². The molecular weight excluding hydrogens is 412 g/mol. The van der Waals surface area contributed by atoms with E-state index in [0.717, 1.165) is 17.4 Å². The average Bonchev–Trinajstić information content (AvgIpc) is 3.18. The molecule has 2 aromatic carbocycles. The zero-order valence-electron chi connectivity index (χ0n) is 15.5. The van der Waals surface area contributed by atoms with E-state index in [1.165, 1.54) is 11.8 Å². The zero-order chi connectivity index (χ0) is 20.0. The molecule has 0 spiro atoms. The summed E-state index contributed by atoms with van der Waals surface area (Å²) >= 11 is 8.07. The maximum Gasteiger partial charge on any atom is 0.276 e. The van der Waals surface area contributed by atoms with Crippen LogP contribution in [0.3, 0.4) is 0 Å². The van der Waals surface area contributed by atoms with Gasteiger partial charge in [-0.15, -0.1) is 5.10 Å². The van der Waals surface area contributed by atoms with E-state index in [2.05, 4.69) is 12.2 Å². The summed E-state index contributed by atoms with van der Waals surface area (Å²) in [5.41, 5.74) is 1.15. The summed E-state index contributed by atoms with van der Waals surface area (Å²) in [5, 5.41) is 11.7. The van der Waals surface area contributed by atoms with Crippen molar-refractivity contribution in [3.63, 3.8) is 0 Å². The minimum atomic E-state index is -0.592. The number of nitrogens with one attached hydrogen (secondary N) is 1. The van der Waals surface area contributed by atoms with Crippen molar-refractivity contribution in [3.05, 3.63) is 57.6 Å². The van der Waals surface area contributed by atoms with E-state index in [-0.39, 0.29) is 12.7 Å². The van der Waals surface area contributed by atoms with Gasteiger partial charge in [0.1, 0.15) is 5.70 Å². The number of ether oxygens (including phenoxy) is 2. The summed E-state index contributed by atoms with van der Waals surface area (Å²) in [4.78, 5) is 17.9. The third-order valence-corrected chi connectivity index (χ3v) is 6.13. The van der Waals surface area contributed by atoms with Crippen LogP contribution >= 0.6 is 23.4 Å². The van der Waals surface area contributed by atoms with Crippen molar-refractivity contribution in [3.8, 4) is 11.5 Å². The van der Waals surface area contributed by atoms with Crippen LogP contribution in [-0.2, 0) is 4.79 Å². The van der Waals surface area contributed by atoms with Crippen molar-refractivity contribution < 1.29 is 14.3 Å². The van der Waals surface area contributed by atoms with Crippen molar-refractivity contribution in [2.45, 2.75) is 19.5 Å². The number of para-hydroxylation sites is 1. The van der Waals surface area contributed by atoms with E-state index in [4.69, 9.17) is 31.2 Å². The molecule has 1 atom stereocenters. The van der Waals surface area contributed by atoms with Gasteiger partial charge in [-0.3, -0.25) is 15.1 Å². The van der Waals surface area contributed by atoms with Crippen molar-refractivity contribution in [2.24, 2.45) is 10.1 Å². The third-order valence-electron chi connectivity index (χ3n) is 4.73. The van der Waals surface area contributed by atoms with E-state index >= 15 is 0 Å². The Morgan fingerprint density at radius 2 is 2.07 bits per heavy atom. The Morgan fingerprint density at radius 3 is 2.90 bits per heavy atom. The largest absolute Gasteiger partial charge is 0.454 e. The number of carbonyl (C=O) groups excluding carboxylic acids is 1. The normalized spacial score (nSPS) is 19.2. The van der Waals surface area contributed by atoms with Gasteiger partial charge in [0.25, 0.3) is 5.91 Å². The minimum Gasteiger partial charge on any atom is -0.454 e. The number of hydrogen-bond donors (Lipinski definition) is 1. The van der Waals surface area contributed by atoms with E-state index in [0.29, 0.717) is 38.3 Å². The molecule has 0 radical (unpaired) electrons. The Hall–Kier alpha value is -2.71. The lowest BCUT2D eigenvalue weighted by Crippen LogP contribution is -2.50. The van der Waals surface area contributed by atoms with E-state index in [9.17, 15) is 4.79 Å². The summed E-state index contributed by atoms with van der Waals surface area (Å²) in [6.07, 6.45) is 0.381. The molecule has 3 aliphatic heterocycles. The molecule has 29 heavy (non-hydrogen) atoms. The lowest BCUT2D eigenvalue weighted by atomic mass is 10.1. The second-order valence-electron chi connectivity index (χ2n) is 6.65. The highest BCUT2D eigenvalue weighted by atomic mass is 35.5. The fourth-order valence-corrected chi connectivity index (χ4v) is 4.38. The van der Waals surface area contributed by atoms with E-state index in [1.54, 1.807) is 11.1 Å². The number of fused-ring (bicyclic) bond motifs is 3. The fourth-order valence-electron chi connectivity index (χ4n) is 3.42. The zero-order valence-corrected chi connectivity index (χ0v) is 17.1. The quantitative estimate of drug-likeness (QED) is 0.812. The number of halogens is 1. The molecule has 5 rings (SSSR count). The van der Waals surface area contributed by atoms with Crippen LogP contribution in [-0.4, -0.2) is 28.6 Å². The summed E-state index contributed by atoms with van der Waals surface area (Å²) in [6, 6.07) is 11.1. The third kappa shape index (κ3) is 3.12. The highest BCUT2D eigenvalue weighted by molar-refractivity contribution is 8.13. The van der Waals surface area contributed by atoms with E-state index < -0.39 is 6.17 Å². The maximum absolute atomic E-state index is 13.0. The van der Waals surface area contributed by atoms with Crippen LogP contribution in [0.25, 0.3) is 5.70 Å². The highest BCUT2D eigenvalue weighted by Gasteiger charge is 2.36. The first-order valence-corrected chi connectivity index (χ1v) is 10.6. The smallest absolute Gasteiger partial charge is 0.276 e. The maximum atomic E-state index is 13.0. The summed E-state index contributed by atoms with van der Waals surface area (Å²) in [5.74, 6) is 1.85. The van der Waals surface area contributed by atoms with Gasteiger partial charge in [-0.2, -0.15) is 0 Å². The van der Waals surface area contributed by atoms with Crippen LogP contribution in [0.2, 0.25) is 5.02 Å². The number of benzene rings is 2. The molecule has 0 aromatic heterocycles. The number of rotatable bonds is 3. The molecule has 0 saturated carbocycles. The Balaban J connectivity index is 1.70. The number of nitrogens with zero attached hydrogens (tertiary/aromatic N) is 3. The number of hydrogen-bond acceptors (Lipinski definition) is 7. The number of amides is 1. The van der Waals surface area contributed by atoms with Crippen LogP contribution in [0, 0.1) is 0 Å². The van der Waals surface area contributed by atoms with Crippen LogP contribution in [0.1, 0.15) is 25.1 Å². The van der Waals surface area contributed by atoms with Crippen molar-refractivity contribution >= 4 is 40.1 Å². The topological polar surface area (TPSA) is 75.5 Å². The van der Waals surface area contributed by atoms with Gasteiger partial charge in [0.2, 0.25) is 6.79 Å². The van der Waals surface area contributed by atoms with Crippen LogP contribution in [0.15, 0.2) is 46.5 Å². The van der Waals surface area contributed by atoms with Crippen molar-refractivity contribution in [1.82, 2.24) is 10.3 Å². The summed E-state index contributed by atoms with van der Waals surface area (Å²) < 4.78 is 10.9. The average molecular weight is 429 g/mol. The molecule has 0 saturated heterocycles. The molecule has 2 aromatic rings. The van der Waals surface area contributed by atoms with Gasteiger partial charge >= 0.3 is 0 Å². The molecule has 148 valence electrons. The molecule has 0 bridgehead atoms. The monoisotopic (exact) mass is 428 g/mol. The van der Waals surface area contributed by atoms with Crippen LogP contribution in [0.4, 0.5) is 0 Å². The molecular formula is C20H17ClN4O3S. The highest BCUT2D eigenvalue weighted by Crippen LogP contribution is 2.42. The molecule has 0 aliphatic carbocycles. The SMILES string of the molecule is CCCSC1=NN2C(=c3ccccc3=N[C@H]2c2cc3c(cc2Cl)OCO3)C(=O)N1. The van der Waals surface area contributed by atoms with Crippen LogP contribution in [0.5, 0.6) is 11.5 Å². The number of carbonyl (C=O) groups is 1. The lowest BCUT2D eigenvalue weighted by molar-refractivity contribution is -0.116. The first-order chi connectivity index (χ1) is 14.2. The Labute approximate surface area is 176 Å². The minimum absolute atomic E-state index is 0.152. The van der Waals surface area contributed by atoms with Crippen molar-refractivity contribution in [2.75, 3.05) is 12.5 Å². The first kappa shape index (κ1) is 18.3. The van der Waals surface area contributed by atoms with Gasteiger partial charge in [0.05, 0.1) is 10.4 Å². The second kappa shape index (κ2) is 7.27. The first-order valence-electron chi connectivity index (χ1n) is 9.24. The molecule has 0 unspecified atom stereocenters. The van der Waals surface area contributed by atoms with E-state index in [1.807, 2.05) is 30.3 Å². The number of hydrazone groups is 1. The molecule has 9 heteroatoms. The van der Waals surface area contributed by atoms with Gasteiger partial charge in [0.15, 0.2) is 22.8 Å². The number of thioether (sulfide) groups is 1. The van der Waals surface area contributed by atoms with Gasteiger partial charge in [-0.05, 0) is 18.6 Å². The van der Waals surface area contributed by atoms with Crippen LogP contribution < -0.4 is 25.4 Å². The predicted molar refractivity (Wildman–Crippen MR) is 111 cm³/mol. The fraction of sp³-hybridized carbons (Fsp3) is 0.250. The molecule has 3 heterocycles. The Kier molecular flexibility index (Phi) is 4.60. The number of amidine groups is 1. The van der Waals surface area contributed by atoms with Gasteiger partial charge < -0.3 is 9.47 Å². The lowest BCUT2D eigenvalue weighted by Gasteiger charge is -2.34. The van der Waals surface area contributed by atoms with Gasteiger partial charge in [-0.1, -0.05) is 48.5 Å².